The van der Waals surface area contributed by atoms with Gasteiger partial charge in [-0.05, 0) is 5.56 Å². The molecule has 2 rings (SSSR count). The minimum Gasteiger partial charge on any atom is -0.380 e. The summed E-state index contributed by atoms with van der Waals surface area (Å²) >= 11 is 0. The molecule has 0 aliphatic heterocycles. The zero-order chi connectivity index (χ0) is 14.0. The van der Waals surface area contributed by atoms with E-state index in [9.17, 15) is 22.7 Å². The van der Waals surface area contributed by atoms with Crippen molar-refractivity contribution in [3.05, 3.63) is 54.1 Å². The van der Waals surface area contributed by atoms with Gasteiger partial charge in [0.25, 0.3) is 0 Å². The van der Waals surface area contributed by atoms with E-state index in [0.717, 1.165) is 6.20 Å². The summed E-state index contributed by atoms with van der Waals surface area (Å²) in [6.07, 6.45) is -3.73. The second kappa shape index (κ2) is 5.00. The summed E-state index contributed by atoms with van der Waals surface area (Å²) in [6.45, 7) is 0. The first-order chi connectivity index (χ1) is 8.94. The van der Waals surface area contributed by atoms with Gasteiger partial charge in [-0.1, -0.05) is 30.3 Å². The Morgan fingerprint density at radius 1 is 1.16 bits per heavy atom. The average Bonchev–Trinajstić information content (AvgIpc) is 2.88. The lowest BCUT2D eigenvalue weighted by atomic mass is 10.1. The molecular weight excluding hydrogens is 264 g/mol. The van der Waals surface area contributed by atoms with E-state index in [4.69, 9.17) is 0 Å². The lowest BCUT2D eigenvalue weighted by molar-refractivity contribution is -0.192. The molecule has 1 aromatic carbocycles. The minimum absolute atomic E-state index is 0.00463. The molecule has 1 N–H and O–H groups in total. The Morgan fingerprint density at radius 3 is 2.37 bits per heavy atom. The highest BCUT2D eigenvalue weighted by Crippen LogP contribution is 2.32. The van der Waals surface area contributed by atoms with Crippen LogP contribution in [0.5, 0.6) is 0 Å². The van der Waals surface area contributed by atoms with Crippen molar-refractivity contribution in [2.45, 2.75) is 18.6 Å². The molecule has 1 aromatic heterocycles. The lowest BCUT2D eigenvalue weighted by Crippen LogP contribution is -2.33. The fraction of sp³-hybridized carbons (Fsp3) is 0.250. The predicted molar refractivity (Wildman–Crippen MR) is 58.9 cm³/mol. The number of aliphatic hydroxyl groups is 1. The summed E-state index contributed by atoms with van der Waals surface area (Å²) in [5.74, 6) is -0.531. The van der Waals surface area contributed by atoms with Gasteiger partial charge in [0.1, 0.15) is 11.9 Å². The van der Waals surface area contributed by atoms with E-state index in [1.807, 2.05) is 0 Å². The Morgan fingerprint density at radius 2 is 1.79 bits per heavy atom. The van der Waals surface area contributed by atoms with Crippen LogP contribution in [0.2, 0.25) is 0 Å². The molecule has 102 valence electrons. The number of aliphatic hydroxyl groups excluding tert-OH is 1. The van der Waals surface area contributed by atoms with Crippen LogP contribution in [0.15, 0.2) is 42.7 Å². The monoisotopic (exact) mass is 274 g/mol. The van der Waals surface area contributed by atoms with Crippen molar-refractivity contribution >= 4 is 0 Å². The Hall–Kier alpha value is -1.89. The smallest absolute Gasteiger partial charge is 0.380 e. The molecule has 0 saturated carbocycles. The summed E-state index contributed by atoms with van der Waals surface area (Å²) in [5, 5.41) is 9.95. The number of imidazole rings is 1. The first-order valence-corrected chi connectivity index (χ1v) is 5.37. The topological polar surface area (TPSA) is 38.1 Å². The molecule has 19 heavy (non-hydrogen) atoms. The van der Waals surface area contributed by atoms with E-state index in [1.54, 1.807) is 18.2 Å². The molecule has 0 fully saturated rings. The van der Waals surface area contributed by atoms with Crippen LogP contribution in [0.4, 0.5) is 17.6 Å². The molecule has 0 unspecified atom stereocenters. The van der Waals surface area contributed by atoms with Gasteiger partial charge in [-0.25, -0.2) is 13.8 Å². The van der Waals surface area contributed by atoms with E-state index in [-0.39, 0.29) is 4.57 Å². The van der Waals surface area contributed by atoms with Crippen molar-refractivity contribution < 1.29 is 22.7 Å². The second-order valence-electron chi connectivity index (χ2n) is 3.86. The molecule has 0 bridgehead atoms. The molecule has 0 aliphatic carbocycles. The maximum atomic E-state index is 13.3. The van der Waals surface area contributed by atoms with Gasteiger partial charge < -0.3 is 5.11 Å². The summed E-state index contributed by atoms with van der Waals surface area (Å²) in [6, 6.07) is 3.43. The van der Waals surface area contributed by atoms with Gasteiger partial charge in [0.15, 0.2) is 0 Å². The van der Waals surface area contributed by atoms with Gasteiger partial charge in [0.2, 0.25) is 0 Å². The summed E-state index contributed by atoms with van der Waals surface area (Å²) in [4.78, 5) is 3.54. The summed E-state index contributed by atoms with van der Waals surface area (Å²) in [7, 11) is 0. The molecule has 0 aliphatic rings. The van der Waals surface area contributed by atoms with Crippen molar-refractivity contribution in [2.75, 3.05) is 0 Å². The van der Waals surface area contributed by atoms with Crippen LogP contribution < -0.4 is 0 Å². The zero-order valence-electron chi connectivity index (χ0n) is 9.55. The van der Waals surface area contributed by atoms with Gasteiger partial charge in [-0.3, -0.25) is 4.57 Å². The van der Waals surface area contributed by atoms with Crippen LogP contribution in [0.1, 0.15) is 17.5 Å². The van der Waals surface area contributed by atoms with Crippen molar-refractivity contribution in [3.8, 4) is 0 Å². The maximum absolute atomic E-state index is 13.3. The third-order valence-corrected chi connectivity index (χ3v) is 2.61. The number of halogens is 4. The molecular formula is C12H10F4N2O. The molecule has 0 saturated heterocycles. The highest BCUT2D eigenvalue weighted by molar-refractivity contribution is 5.23. The number of hydrogen-bond acceptors (Lipinski definition) is 2. The van der Waals surface area contributed by atoms with Crippen molar-refractivity contribution in [3.63, 3.8) is 0 Å². The van der Waals surface area contributed by atoms with Gasteiger partial charge >= 0.3 is 12.5 Å². The molecule has 0 radical (unpaired) electrons. The molecule has 1 atom stereocenters. The fourth-order valence-electron chi connectivity index (χ4n) is 1.66. The average molecular weight is 274 g/mol. The SMILES string of the molecule is O[C@H](c1ccccc1)c1nccn1C(F)(F)C(F)F. The van der Waals surface area contributed by atoms with Crippen LogP contribution in [-0.2, 0) is 6.05 Å². The van der Waals surface area contributed by atoms with E-state index < -0.39 is 24.4 Å². The highest BCUT2D eigenvalue weighted by Gasteiger charge is 2.45. The number of rotatable bonds is 4. The van der Waals surface area contributed by atoms with Crippen LogP contribution in [0, 0.1) is 0 Å². The standard InChI is InChI=1S/C12H10F4N2O/c13-11(14)12(15,16)18-7-6-17-10(18)9(19)8-4-2-1-3-5-8/h1-7,9,11,19H/t9-/m1/s1. The number of benzene rings is 1. The van der Waals surface area contributed by atoms with Crippen LogP contribution in [0.3, 0.4) is 0 Å². The van der Waals surface area contributed by atoms with Crippen LogP contribution in [-0.4, -0.2) is 21.1 Å². The number of hydrogen-bond donors (Lipinski definition) is 1. The molecule has 2 aromatic rings. The Kier molecular flexibility index (Phi) is 3.57. The van der Waals surface area contributed by atoms with Crippen molar-refractivity contribution in [2.24, 2.45) is 0 Å². The van der Waals surface area contributed by atoms with Crippen LogP contribution >= 0.6 is 0 Å². The Balaban J connectivity index is 2.40. The second-order valence-corrected chi connectivity index (χ2v) is 3.86. The number of nitrogens with zero attached hydrogens (tertiary/aromatic N) is 2. The van der Waals surface area contributed by atoms with E-state index >= 15 is 0 Å². The first-order valence-electron chi connectivity index (χ1n) is 5.37. The first kappa shape index (κ1) is 13.5. The third kappa shape index (κ3) is 2.46. The summed E-state index contributed by atoms with van der Waals surface area (Å²) in [5.41, 5.74) is 0.292. The minimum atomic E-state index is -4.42. The Bertz CT molecular complexity index is 542. The number of alkyl halides is 4. The van der Waals surface area contributed by atoms with Gasteiger partial charge in [0.05, 0.1) is 0 Å². The fourth-order valence-corrected chi connectivity index (χ4v) is 1.66. The van der Waals surface area contributed by atoms with Crippen molar-refractivity contribution in [1.29, 1.82) is 0 Å². The maximum Gasteiger partial charge on any atom is 0.390 e. The largest absolute Gasteiger partial charge is 0.390 e. The van der Waals surface area contributed by atoms with E-state index in [1.165, 1.54) is 12.1 Å². The molecule has 3 nitrogen and oxygen atoms in total. The Labute approximate surface area is 106 Å². The number of aromatic nitrogens is 2. The van der Waals surface area contributed by atoms with Crippen LogP contribution in [0.25, 0.3) is 0 Å². The van der Waals surface area contributed by atoms with E-state index in [0.29, 0.717) is 11.8 Å². The third-order valence-electron chi connectivity index (χ3n) is 2.61. The quantitative estimate of drug-likeness (QED) is 0.871. The lowest BCUT2D eigenvalue weighted by Gasteiger charge is -2.21. The molecule has 1 heterocycles. The normalized spacial score (nSPS) is 13.8. The highest BCUT2D eigenvalue weighted by atomic mass is 19.3. The van der Waals surface area contributed by atoms with Gasteiger partial charge in [0, 0.05) is 12.4 Å². The van der Waals surface area contributed by atoms with Gasteiger partial charge in [-0.2, -0.15) is 8.78 Å². The van der Waals surface area contributed by atoms with Gasteiger partial charge in [-0.15, -0.1) is 0 Å². The van der Waals surface area contributed by atoms with Crippen molar-refractivity contribution in [1.82, 2.24) is 9.55 Å². The molecule has 7 heteroatoms. The summed E-state index contributed by atoms with van der Waals surface area (Å²) < 4.78 is 51.3. The zero-order valence-corrected chi connectivity index (χ0v) is 9.55. The molecule has 0 amide bonds. The predicted octanol–water partition coefficient (Wildman–Crippen LogP) is 2.78. The molecule has 0 spiro atoms. The van der Waals surface area contributed by atoms with E-state index in [2.05, 4.69) is 4.98 Å².